The largest absolute Gasteiger partial charge is 0.347 e. The van der Waals surface area contributed by atoms with Crippen LogP contribution in [0.5, 0.6) is 0 Å². The minimum absolute atomic E-state index is 0. The Hall–Kier alpha value is -1.44. The topological polar surface area (TPSA) is 85.8 Å². The normalized spacial score (nSPS) is 11.9. The van der Waals surface area contributed by atoms with Crippen LogP contribution in [0.3, 0.4) is 0 Å². The molecule has 3 N–H and O–H groups in total. The molecule has 8 heteroatoms. The summed E-state index contributed by atoms with van der Waals surface area (Å²) < 4.78 is 2.59. The van der Waals surface area contributed by atoms with Gasteiger partial charge in [0.15, 0.2) is 5.69 Å². The molecule has 2 rings (SSSR count). The van der Waals surface area contributed by atoms with Crippen LogP contribution >= 0.6 is 28.3 Å². The number of benzene rings is 1. The molecule has 0 aliphatic rings. The lowest BCUT2D eigenvalue weighted by molar-refractivity contribution is 0.0928. The summed E-state index contributed by atoms with van der Waals surface area (Å²) in [7, 11) is 0. The zero-order valence-electron chi connectivity index (χ0n) is 14.0. The Morgan fingerprint density at radius 1 is 1.42 bits per heavy atom. The molecule has 0 aliphatic carbocycles. The Morgan fingerprint density at radius 3 is 2.71 bits per heavy atom. The van der Waals surface area contributed by atoms with Crippen molar-refractivity contribution in [1.29, 1.82) is 0 Å². The van der Waals surface area contributed by atoms with Crippen LogP contribution in [-0.2, 0) is 0 Å². The third-order valence-corrected chi connectivity index (χ3v) is 4.03. The lowest BCUT2D eigenvalue weighted by Gasteiger charge is -2.18. The molecule has 24 heavy (non-hydrogen) atoms. The molecule has 132 valence electrons. The van der Waals surface area contributed by atoms with Gasteiger partial charge in [0, 0.05) is 17.1 Å². The highest BCUT2D eigenvalue weighted by atomic mass is 79.9. The zero-order chi connectivity index (χ0) is 17.0. The summed E-state index contributed by atoms with van der Waals surface area (Å²) in [4.78, 5) is 12.4. The molecule has 0 radical (unpaired) electrons. The molecule has 0 bridgehead atoms. The Balaban J connectivity index is 0.00000288. The number of carbonyl (C=O) groups is 1. The number of rotatable bonds is 6. The second-order valence-corrected chi connectivity index (χ2v) is 6.87. The average Bonchev–Trinajstić information content (AvgIpc) is 2.87. The highest BCUT2D eigenvalue weighted by Crippen LogP contribution is 2.17. The van der Waals surface area contributed by atoms with E-state index in [1.165, 1.54) is 0 Å². The van der Waals surface area contributed by atoms with Crippen molar-refractivity contribution in [2.75, 3.05) is 6.54 Å². The van der Waals surface area contributed by atoms with E-state index in [1.54, 1.807) is 4.68 Å². The van der Waals surface area contributed by atoms with E-state index in [1.807, 2.05) is 31.2 Å². The van der Waals surface area contributed by atoms with E-state index in [4.69, 9.17) is 5.73 Å². The van der Waals surface area contributed by atoms with Crippen molar-refractivity contribution in [2.24, 2.45) is 11.7 Å². The summed E-state index contributed by atoms with van der Waals surface area (Å²) >= 11 is 3.43. The van der Waals surface area contributed by atoms with Crippen LogP contribution in [0, 0.1) is 12.8 Å². The number of nitrogens with two attached hydrogens (primary N) is 1. The lowest BCUT2D eigenvalue weighted by atomic mass is 10.0. The number of hydrogen-bond donors (Lipinski definition) is 2. The number of halogens is 2. The molecule has 1 aromatic heterocycles. The van der Waals surface area contributed by atoms with Crippen molar-refractivity contribution in [3.05, 3.63) is 40.1 Å². The van der Waals surface area contributed by atoms with Crippen molar-refractivity contribution in [2.45, 2.75) is 33.2 Å². The first-order chi connectivity index (χ1) is 10.9. The van der Waals surface area contributed by atoms with Gasteiger partial charge >= 0.3 is 0 Å². The SMILES string of the molecule is Cc1c(C(=O)NC(CN)CC(C)C)nnn1-c1cccc(Br)c1.Cl. The minimum Gasteiger partial charge on any atom is -0.347 e. The monoisotopic (exact) mass is 415 g/mol. The van der Waals surface area contributed by atoms with E-state index >= 15 is 0 Å². The molecule has 0 spiro atoms. The van der Waals surface area contributed by atoms with Crippen LogP contribution in [0.2, 0.25) is 0 Å². The maximum Gasteiger partial charge on any atom is 0.274 e. The molecule has 2 aromatic rings. The molecule has 1 unspecified atom stereocenters. The first-order valence-electron chi connectivity index (χ1n) is 7.61. The fraction of sp³-hybridized carbons (Fsp3) is 0.438. The number of nitrogens with zero attached hydrogens (tertiary/aromatic N) is 3. The molecule has 0 saturated heterocycles. The maximum atomic E-state index is 12.4. The molecule has 1 aromatic carbocycles. The first-order valence-corrected chi connectivity index (χ1v) is 8.40. The van der Waals surface area contributed by atoms with Crippen LogP contribution in [0.25, 0.3) is 5.69 Å². The summed E-state index contributed by atoms with van der Waals surface area (Å²) in [6.07, 6.45) is 0.834. The molecule has 1 heterocycles. The van der Waals surface area contributed by atoms with Crippen LogP contribution in [-0.4, -0.2) is 33.5 Å². The predicted octanol–water partition coefficient (Wildman–Crippen LogP) is 2.86. The molecule has 6 nitrogen and oxygen atoms in total. The van der Waals surface area contributed by atoms with Crippen LogP contribution in [0.15, 0.2) is 28.7 Å². The Labute approximate surface area is 156 Å². The fourth-order valence-electron chi connectivity index (χ4n) is 2.43. The van der Waals surface area contributed by atoms with Gasteiger partial charge in [-0.3, -0.25) is 4.79 Å². The highest BCUT2D eigenvalue weighted by molar-refractivity contribution is 9.10. The van der Waals surface area contributed by atoms with Gasteiger partial charge in [-0.2, -0.15) is 0 Å². The molecule has 1 amide bonds. The number of aromatic nitrogens is 3. The van der Waals surface area contributed by atoms with Gasteiger partial charge in [-0.15, -0.1) is 17.5 Å². The van der Waals surface area contributed by atoms with Crippen molar-refractivity contribution in [3.8, 4) is 5.69 Å². The Bertz CT molecular complexity index is 689. The summed E-state index contributed by atoms with van der Waals surface area (Å²) in [5.74, 6) is 0.224. The lowest BCUT2D eigenvalue weighted by Crippen LogP contribution is -2.41. The van der Waals surface area contributed by atoms with Crippen LogP contribution in [0.4, 0.5) is 0 Å². The molecule has 1 atom stereocenters. The van der Waals surface area contributed by atoms with Crippen molar-refractivity contribution >= 4 is 34.2 Å². The molecular formula is C16H23BrClN5O. The smallest absolute Gasteiger partial charge is 0.274 e. The maximum absolute atomic E-state index is 12.4. The fourth-order valence-corrected chi connectivity index (χ4v) is 2.82. The number of hydrogen-bond acceptors (Lipinski definition) is 4. The number of nitrogens with one attached hydrogen (secondary N) is 1. The molecule has 0 fully saturated rings. The van der Waals surface area contributed by atoms with Gasteiger partial charge in [0.25, 0.3) is 5.91 Å². The van der Waals surface area contributed by atoms with Gasteiger partial charge in [-0.05, 0) is 37.5 Å². The highest BCUT2D eigenvalue weighted by Gasteiger charge is 2.20. The minimum atomic E-state index is -0.236. The van der Waals surface area contributed by atoms with E-state index in [-0.39, 0.29) is 24.4 Å². The van der Waals surface area contributed by atoms with Crippen LogP contribution in [0.1, 0.15) is 36.5 Å². The Morgan fingerprint density at radius 2 is 2.12 bits per heavy atom. The third kappa shape index (κ3) is 5.03. The van der Waals surface area contributed by atoms with Gasteiger partial charge in [-0.25, -0.2) is 4.68 Å². The Kier molecular flexibility index (Phi) is 7.86. The van der Waals surface area contributed by atoms with Gasteiger partial charge in [0.1, 0.15) is 0 Å². The molecule has 0 saturated carbocycles. The second kappa shape index (κ2) is 9.15. The summed E-state index contributed by atoms with van der Waals surface area (Å²) in [5.41, 5.74) is 7.61. The van der Waals surface area contributed by atoms with Gasteiger partial charge < -0.3 is 11.1 Å². The molecular weight excluding hydrogens is 394 g/mol. The van der Waals surface area contributed by atoms with E-state index < -0.39 is 0 Å². The van der Waals surface area contributed by atoms with Crippen molar-refractivity contribution < 1.29 is 4.79 Å². The molecule has 0 aliphatic heterocycles. The summed E-state index contributed by atoms with van der Waals surface area (Å²) in [6.45, 7) is 6.44. The number of carbonyl (C=O) groups excluding carboxylic acids is 1. The standard InChI is InChI=1S/C16H22BrN5O.ClH/c1-10(2)7-13(9-18)19-16(23)15-11(3)22(21-20-15)14-6-4-5-12(17)8-14;/h4-6,8,10,13H,7,9,18H2,1-3H3,(H,19,23);1H. The van der Waals surface area contributed by atoms with Crippen molar-refractivity contribution in [1.82, 2.24) is 20.3 Å². The van der Waals surface area contributed by atoms with Gasteiger partial charge in [0.2, 0.25) is 0 Å². The average molecular weight is 417 g/mol. The quantitative estimate of drug-likeness (QED) is 0.758. The van der Waals surface area contributed by atoms with Gasteiger partial charge in [0.05, 0.1) is 11.4 Å². The summed E-state index contributed by atoms with van der Waals surface area (Å²) in [5, 5.41) is 11.1. The first kappa shape index (κ1) is 20.6. The van der Waals surface area contributed by atoms with E-state index in [9.17, 15) is 4.79 Å². The van der Waals surface area contributed by atoms with E-state index in [0.717, 1.165) is 16.6 Å². The summed E-state index contributed by atoms with van der Waals surface area (Å²) in [6, 6.07) is 7.62. The zero-order valence-corrected chi connectivity index (χ0v) is 16.4. The number of amides is 1. The van der Waals surface area contributed by atoms with Gasteiger partial charge in [-0.1, -0.05) is 41.1 Å². The van der Waals surface area contributed by atoms with E-state index in [0.29, 0.717) is 23.9 Å². The van der Waals surface area contributed by atoms with E-state index in [2.05, 4.69) is 45.4 Å². The predicted molar refractivity (Wildman–Crippen MR) is 101 cm³/mol. The van der Waals surface area contributed by atoms with Crippen molar-refractivity contribution in [3.63, 3.8) is 0 Å². The third-order valence-electron chi connectivity index (χ3n) is 3.54. The second-order valence-electron chi connectivity index (χ2n) is 5.95. The van der Waals surface area contributed by atoms with Crippen LogP contribution < -0.4 is 11.1 Å².